The summed E-state index contributed by atoms with van der Waals surface area (Å²) < 4.78 is 0. The highest BCUT2D eigenvalue weighted by Crippen LogP contribution is 2.21. The van der Waals surface area contributed by atoms with Crippen LogP contribution in [0, 0.1) is 0 Å². The summed E-state index contributed by atoms with van der Waals surface area (Å²) in [6.07, 6.45) is 1.51. The molecule has 2 nitrogen and oxygen atoms in total. The smallest absolute Gasteiger partial charge is 0.127 e. The van der Waals surface area contributed by atoms with Crippen LogP contribution in [-0.2, 0) is 0 Å². The van der Waals surface area contributed by atoms with Crippen molar-refractivity contribution in [1.29, 1.82) is 0 Å². The van der Waals surface area contributed by atoms with Crippen LogP contribution < -0.4 is 11.2 Å². The molecule has 0 aromatic carbocycles. The molecule has 0 aliphatic carbocycles. The Hall–Kier alpha value is -0.695. The zero-order valence-corrected chi connectivity index (χ0v) is 6.97. The third kappa shape index (κ3) is 1.87. The number of aromatic nitrogens is 1. The van der Waals surface area contributed by atoms with Gasteiger partial charge in [0.25, 0.3) is 0 Å². The summed E-state index contributed by atoms with van der Waals surface area (Å²) in [7, 11) is 5.49. The Kier molecular flexibility index (Phi) is 2.40. The number of alkyl halides is 1. The first-order valence-electron chi connectivity index (χ1n) is 3.26. The fraction of sp³-hybridized carbons (Fsp3) is 0.286. The molecule has 0 fully saturated rings. The van der Waals surface area contributed by atoms with Gasteiger partial charge in [-0.1, -0.05) is 11.5 Å². The molecule has 0 saturated heterocycles. The SMILES string of the molecule is [B]c1cnc(N)c(C(C)Cl)c1. The maximum Gasteiger partial charge on any atom is 0.127 e. The lowest BCUT2D eigenvalue weighted by Crippen LogP contribution is -2.08. The zero-order chi connectivity index (χ0) is 8.43. The number of pyridine rings is 1. The average Bonchev–Trinajstić information content (AvgIpc) is 1.94. The van der Waals surface area contributed by atoms with Crippen LogP contribution in [0.3, 0.4) is 0 Å². The minimum atomic E-state index is -0.147. The van der Waals surface area contributed by atoms with Gasteiger partial charge >= 0.3 is 0 Å². The van der Waals surface area contributed by atoms with Gasteiger partial charge in [0.05, 0.1) is 5.38 Å². The molecular formula is C7H8BClN2. The summed E-state index contributed by atoms with van der Waals surface area (Å²) >= 11 is 5.80. The van der Waals surface area contributed by atoms with Crippen LogP contribution in [0.1, 0.15) is 17.9 Å². The molecular weight excluding hydrogens is 158 g/mol. The van der Waals surface area contributed by atoms with Gasteiger partial charge in [-0.2, -0.15) is 0 Å². The largest absolute Gasteiger partial charge is 0.383 e. The first-order chi connectivity index (χ1) is 5.11. The Labute approximate surface area is 72.2 Å². The van der Waals surface area contributed by atoms with E-state index in [0.29, 0.717) is 11.3 Å². The van der Waals surface area contributed by atoms with Gasteiger partial charge in [0.15, 0.2) is 0 Å². The molecule has 2 N–H and O–H groups in total. The Morgan fingerprint density at radius 1 is 1.73 bits per heavy atom. The zero-order valence-electron chi connectivity index (χ0n) is 6.21. The fourth-order valence-electron chi connectivity index (χ4n) is 0.828. The van der Waals surface area contributed by atoms with Crippen molar-refractivity contribution in [3.05, 3.63) is 17.8 Å². The van der Waals surface area contributed by atoms with E-state index in [9.17, 15) is 0 Å². The van der Waals surface area contributed by atoms with Crippen LogP contribution in [0.5, 0.6) is 0 Å². The van der Waals surface area contributed by atoms with Crippen molar-refractivity contribution in [2.75, 3.05) is 5.73 Å². The van der Waals surface area contributed by atoms with Crippen LogP contribution in [0.15, 0.2) is 12.3 Å². The number of halogens is 1. The molecule has 1 heterocycles. The van der Waals surface area contributed by atoms with Gasteiger partial charge in [0, 0.05) is 11.8 Å². The minimum absolute atomic E-state index is 0.147. The molecule has 0 aliphatic rings. The molecule has 1 aromatic rings. The minimum Gasteiger partial charge on any atom is -0.383 e. The summed E-state index contributed by atoms with van der Waals surface area (Å²) in [6.45, 7) is 1.83. The number of hydrogen-bond donors (Lipinski definition) is 1. The van der Waals surface area contributed by atoms with Crippen LogP contribution in [0.2, 0.25) is 0 Å². The second-order valence-corrected chi connectivity index (χ2v) is 3.01. The molecule has 0 amide bonds. The molecule has 56 valence electrons. The quantitative estimate of drug-likeness (QED) is 0.494. The van der Waals surface area contributed by atoms with Crippen molar-refractivity contribution < 1.29 is 0 Å². The summed E-state index contributed by atoms with van der Waals surface area (Å²) in [4.78, 5) is 3.87. The van der Waals surface area contributed by atoms with Crippen LogP contribution >= 0.6 is 11.6 Å². The van der Waals surface area contributed by atoms with Crippen molar-refractivity contribution >= 4 is 30.7 Å². The van der Waals surface area contributed by atoms with Crippen molar-refractivity contribution in [3.8, 4) is 0 Å². The van der Waals surface area contributed by atoms with Crippen molar-refractivity contribution in [1.82, 2.24) is 4.98 Å². The molecule has 0 aliphatic heterocycles. The molecule has 1 aromatic heterocycles. The molecule has 1 atom stereocenters. The number of anilines is 1. The summed E-state index contributed by atoms with van der Waals surface area (Å²) in [5.41, 5.74) is 6.91. The van der Waals surface area contributed by atoms with E-state index in [4.69, 9.17) is 25.2 Å². The van der Waals surface area contributed by atoms with E-state index in [-0.39, 0.29) is 5.38 Å². The predicted molar refractivity (Wildman–Crippen MR) is 48.3 cm³/mol. The van der Waals surface area contributed by atoms with Crippen LogP contribution in [0.4, 0.5) is 5.82 Å². The van der Waals surface area contributed by atoms with Gasteiger partial charge in [-0.25, -0.2) is 4.98 Å². The molecule has 2 radical (unpaired) electrons. The molecule has 1 rings (SSSR count). The normalized spacial score (nSPS) is 12.9. The lowest BCUT2D eigenvalue weighted by Gasteiger charge is -2.06. The second-order valence-electron chi connectivity index (χ2n) is 2.36. The van der Waals surface area contributed by atoms with E-state index in [1.807, 2.05) is 6.92 Å². The highest BCUT2D eigenvalue weighted by molar-refractivity contribution is 6.32. The van der Waals surface area contributed by atoms with E-state index >= 15 is 0 Å². The third-order valence-corrected chi connectivity index (χ3v) is 1.63. The molecule has 11 heavy (non-hydrogen) atoms. The van der Waals surface area contributed by atoms with E-state index in [0.717, 1.165) is 5.56 Å². The standard InChI is InChI=1S/C7H8BClN2/c1-4(9)6-2-5(8)3-11-7(6)10/h2-4H,1H3,(H2,10,11). The van der Waals surface area contributed by atoms with Gasteiger partial charge in [0.1, 0.15) is 13.7 Å². The first kappa shape index (κ1) is 8.40. The molecule has 4 heteroatoms. The van der Waals surface area contributed by atoms with Gasteiger partial charge < -0.3 is 5.73 Å². The van der Waals surface area contributed by atoms with Crippen molar-refractivity contribution in [2.45, 2.75) is 12.3 Å². The second kappa shape index (κ2) is 3.14. The van der Waals surface area contributed by atoms with E-state index in [1.54, 1.807) is 6.07 Å². The van der Waals surface area contributed by atoms with E-state index in [1.165, 1.54) is 6.20 Å². The Morgan fingerprint density at radius 2 is 2.36 bits per heavy atom. The Morgan fingerprint density at radius 3 is 2.82 bits per heavy atom. The number of nitrogen functional groups attached to an aromatic ring is 1. The highest BCUT2D eigenvalue weighted by Gasteiger charge is 2.05. The maximum atomic E-state index is 5.80. The Bertz CT molecular complexity index is 263. The summed E-state index contributed by atoms with van der Waals surface area (Å²) in [6, 6.07) is 1.74. The molecule has 1 unspecified atom stereocenters. The number of nitrogens with two attached hydrogens (primary N) is 1. The lowest BCUT2D eigenvalue weighted by molar-refractivity contribution is 1.07. The fourth-order valence-corrected chi connectivity index (χ4v) is 1.00. The monoisotopic (exact) mass is 166 g/mol. The highest BCUT2D eigenvalue weighted by atomic mass is 35.5. The van der Waals surface area contributed by atoms with Crippen LogP contribution in [0.25, 0.3) is 0 Å². The van der Waals surface area contributed by atoms with Gasteiger partial charge in [0.2, 0.25) is 0 Å². The van der Waals surface area contributed by atoms with Crippen LogP contribution in [-0.4, -0.2) is 12.8 Å². The number of nitrogens with zero attached hydrogens (tertiary/aromatic N) is 1. The molecule has 0 bridgehead atoms. The third-order valence-electron chi connectivity index (χ3n) is 1.40. The summed E-state index contributed by atoms with van der Waals surface area (Å²) in [5, 5.41) is -0.147. The number of rotatable bonds is 1. The van der Waals surface area contributed by atoms with Gasteiger partial charge in [-0.15, -0.1) is 11.6 Å². The van der Waals surface area contributed by atoms with Crippen molar-refractivity contribution in [2.24, 2.45) is 0 Å². The lowest BCUT2D eigenvalue weighted by atomic mass is 9.96. The summed E-state index contributed by atoms with van der Waals surface area (Å²) in [5.74, 6) is 0.446. The first-order valence-corrected chi connectivity index (χ1v) is 3.70. The number of hydrogen-bond acceptors (Lipinski definition) is 2. The van der Waals surface area contributed by atoms with E-state index in [2.05, 4.69) is 4.98 Å². The van der Waals surface area contributed by atoms with Crippen molar-refractivity contribution in [3.63, 3.8) is 0 Å². The maximum absolute atomic E-state index is 5.80. The average molecular weight is 166 g/mol. The van der Waals surface area contributed by atoms with E-state index < -0.39 is 0 Å². The molecule has 0 saturated carbocycles. The molecule has 0 spiro atoms. The van der Waals surface area contributed by atoms with Gasteiger partial charge in [-0.05, 0) is 6.92 Å². The topological polar surface area (TPSA) is 38.9 Å². The predicted octanol–water partition coefficient (Wildman–Crippen LogP) is 0.757. The Balaban J connectivity index is 3.13. The van der Waals surface area contributed by atoms with Gasteiger partial charge in [-0.3, -0.25) is 0 Å².